The maximum atomic E-state index is 13.2. The molecule has 3 aromatic carbocycles. The summed E-state index contributed by atoms with van der Waals surface area (Å²) in [6.07, 6.45) is 1.45. The van der Waals surface area contributed by atoms with Crippen molar-refractivity contribution >= 4 is 29.5 Å². The van der Waals surface area contributed by atoms with Crippen LogP contribution in [0.15, 0.2) is 84.0 Å². The molecule has 3 aromatic rings. The molecule has 0 unspecified atom stereocenters. The fourth-order valence-electron chi connectivity index (χ4n) is 2.68. The van der Waals surface area contributed by atoms with E-state index in [9.17, 15) is 24.8 Å². The molecule has 0 saturated heterocycles. The summed E-state index contributed by atoms with van der Waals surface area (Å²) in [5.41, 5.74) is -0.575. The fraction of sp³-hybridized carbons (Fsp3) is 0. The van der Waals surface area contributed by atoms with Gasteiger partial charge in [0.2, 0.25) is 0 Å². The number of amides is 1. The van der Waals surface area contributed by atoms with Crippen LogP contribution in [0.3, 0.4) is 0 Å². The number of nitro benzene ring substituents is 1. The predicted molar refractivity (Wildman–Crippen MR) is 107 cm³/mol. The Balaban J connectivity index is 2.11. The number of hydrogen-bond acceptors (Lipinski definition) is 5. The molecule has 8 heteroatoms. The monoisotopic (exact) mass is 389 g/mol. The van der Waals surface area contributed by atoms with E-state index in [4.69, 9.17) is 0 Å². The van der Waals surface area contributed by atoms with Crippen molar-refractivity contribution in [2.24, 2.45) is 5.10 Å². The number of carbonyl (C=O) groups excluding carboxylic acids is 1. The second-order valence-electron chi connectivity index (χ2n) is 5.87. The Hall–Kier alpha value is -4.33. The molecule has 0 bridgehead atoms. The average Bonchev–Trinajstić information content (AvgIpc) is 2.74. The summed E-state index contributed by atoms with van der Waals surface area (Å²) < 4.78 is 0. The van der Waals surface area contributed by atoms with E-state index < -0.39 is 28.1 Å². The fourth-order valence-corrected chi connectivity index (χ4v) is 2.68. The number of aromatic carboxylic acids is 1. The van der Waals surface area contributed by atoms with Gasteiger partial charge in [-0.25, -0.2) is 4.79 Å². The Morgan fingerprint density at radius 2 is 1.55 bits per heavy atom. The second-order valence-corrected chi connectivity index (χ2v) is 5.87. The van der Waals surface area contributed by atoms with E-state index >= 15 is 0 Å². The van der Waals surface area contributed by atoms with E-state index in [2.05, 4.69) is 5.10 Å². The highest BCUT2D eigenvalue weighted by Crippen LogP contribution is 2.26. The minimum Gasteiger partial charge on any atom is -0.477 e. The maximum Gasteiger partial charge on any atom is 0.343 e. The number of carboxylic acid groups (broad SMARTS) is 1. The first-order valence-corrected chi connectivity index (χ1v) is 8.48. The Morgan fingerprint density at radius 3 is 2.14 bits per heavy atom. The zero-order valence-electron chi connectivity index (χ0n) is 15.0. The van der Waals surface area contributed by atoms with Crippen LogP contribution in [0.4, 0.5) is 11.4 Å². The standard InChI is InChI=1S/C21H15N3O5/c25-20(17-12-7-13-18(24(28)29)19(17)21(26)27)23(16-10-5-2-6-11-16)22-14-15-8-3-1-4-9-15/h1-14H,(H,26,27)/b22-14+. The van der Waals surface area contributed by atoms with Crippen LogP contribution in [0.2, 0.25) is 0 Å². The molecule has 3 rings (SSSR count). The molecule has 1 amide bonds. The van der Waals surface area contributed by atoms with Gasteiger partial charge in [-0.3, -0.25) is 14.9 Å². The van der Waals surface area contributed by atoms with Crippen molar-refractivity contribution in [2.75, 3.05) is 5.01 Å². The molecule has 0 spiro atoms. The van der Waals surface area contributed by atoms with Crippen molar-refractivity contribution in [3.05, 3.63) is 106 Å². The maximum absolute atomic E-state index is 13.2. The Kier molecular flexibility index (Phi) is 5.74. The highest BCUT2D eigenvalue weighted by molar-refractivity contribution is 6.13. The Morgan fingerprint density at radius 1 is 0.931 bits per heavy atom. The average molecular weight is 389 g/mol. The third kappa shape index (κ3) is 4.33. The predicted octanol–water partition coefficient (Wildman–Crippen LogP) is 3.97. The summed E-state index contributed by atoms with van der Waals surface area (Å²) in [4.78, 5) is 35.3. The molecule has 0 fully saturated rings. The summed E-state index contributed by atoms with van der Waals surface area (Å²) in [5, 5.41) is 26.0. The summed E-state index contributed by atoms with van der Waals surface area (Å²) in [5.74, 6) is -2.37. The normalized spacial score (nSPS) is 10.6. The number of hydrogen-bond donors (Lipinski definition) is 1. The highest BCUT2D eigenvalue weighted by Gasteiger charge is 2.29. The second kappa shape index (κ2) is 8.57. The van der Waals surface area contributed by atoms with E-state index in [1.807, 2.05) is 6.07 Å². The first-order valence-electron chi connectivity index (χ1n) is 8.48. The number of benzene rings is 3. The molecule has 0 aliphatic heterocycles. The van der Waals surface area contributed by atoms with Gasteiger partial charge in [-0.15, -0.1) is 0 Å². The smallest absolute Gasteiger partial charge is 0.343 e. The van der Waals surface area contributed by atoms with Crippen molar-refractivity contribution in [1.29, 1.82) is 0 Å². The molecule has 0 aromatic heterocycles. The summed E-state index contributed by atoms with van der Waals surface area (Å²) in [7, 11) is 0. The van der Waals surface area contributed by atoms with Gasteiger partial charge in [-0.05, 0) is 23.8 Å². The van der Waals surface area contributed by atoms with Gasteiger partial charge in [0.25, 0.3) is 11.6 Å². The lowest BCUT2D eigenvalue weighted by Gasteiger charge is -2.18. The van der Waals surface area contributed by atoms with Gasteiger partial charge in [0.05, 0.1) is 22.4 Å². The number of nitro groups is 1. The van der Waals surface area contributed by atoms with E-state index in [0.717, 1.165) is 16.6 Å². The first-order chi connectivity index (χ1) is 14.0. The molecule has 0 aliphatic rings. The quantitative estimate of drug-likeness (QED) is 0.389. The number of para-hydroxylation sites is 1. The van der Waals surface area contributed by atoms with E-state index in [0.29, 0.717) is 5.69 Å². The highest BCUT2D eigenvalue weighted by atomic mass is 16.6. The van der Waals surface area contributed by atoms with Gasteiger partial charge in [0.1, 0.15) is 5.56 Å². The number of nitrogens with zero attached hydrogens (tertiary/aromatic N) is 3. The lowest BCUT2D eigenvalue weighted by atomic mass is 10.0. The van der Waals surface area contributed by atoms with E-state index in [-0.39, 0.29) is 5.56 Å². The van der Waals surface area contributed by atoms with Gasteiger partial charge < -0.3 is 5.11 Å². The van der Waals surface area contributed by atoms with Gasteiger partial charge in [-0.2, -0.15) is 10.1 Å². The Labute approximate surface area is 165 Å². The number of carboxylic acids is 1. The van der Waals surface area contributed by atoms with Crippen LogP contribution in [0.25, 0.3) is 0 Å². The number of hydrazone groups is 1. The molecule has 0 heterocycles. The lowest BCUT2D eigenvalue weighted by molar-refractivity contribution is -0.385. The van der Waals surface area contributed by atoms with Gasteiger partial charge in [-0.1, -0.05) is 54.6 Å². The van der Waals surface area contributed by atoms with Crippen LogP contribution in [0.5, 0.6) is 0 Å². The molecule has 0 radical (unpaired) electrons. The first kappa shape index (κ1) is 19.4. The molecule has 1 N–H and O–H groups in total. The Bertz CT molecular complexity index is 1080. The number of anilines is 1. The van der Waals surface area contributed by atoms with Crippen molar-refractivity contribution in [3.8, 4) is 0 Å². The van der Waals surface area contributed by atoms with Crippen molar-refractivity contribution in [3.63, 3.8) is 0 Å². The minimum atomic E-state index is -1.57. The third-order valence-electron chi connectivity index (χ3n) is 4.00. The molecule has 0 saturated carbocycles. The molecule has 8 nitrogen and oxygen atoms in total. The molecule has 0 atom stereocenters. The summed E-state index contributed by atoms with van der Waals surface area (Å²) in [6, 6.07) is 20.9. The third-order valence-corrected chi connectivity index (χ3v) is 4.00. The zero-order valence-corrected chi connectivity index (χ0v) is 15.0. The van der Waals surface area contributed by atoms with Gasteiger partial charge in [0.15, 0.2) is 0 Å². The van der Waals surface area contributed by atoms with Crippen LogP contribution < -0.4 is 5.01 Å². The lowest BCUT2D eigenvalue weighted by Crippen LogP contribution is -2.28. The topological polar surface area (TPSA) is 113 Å². The molecular formula is C21H15N3O5. The zero-order chi connectivity index (χ0) is 20.8. The largest absolute Gasteiger partial charge is 0.477 e. The van der Waals surface area contributed by atoms with Crippen LogP contribution in [-0.2, 0) is 0 Å². The summed E-state index contributed by atoms with van der Waals surface area (Å²) in [6.45, 7) is 0. The van der Waals surface area contributed by atoms with Crippen molar-refractivity contribution in [1.82, 2.24) is 0 Å². The summed E-state index contributed by atoms with van der Waals surface area (Å²) >= 11 is 0. The van der Waals surface area contributed by atoms with Crippen molar-refractivity contribution in [2.45, 2.75) is 0 Å². The molecule has 0 aliphatic carbocycles. The molecular weight excluding hydrogens is 374 g/mol. The van der Waals surface area contributed by atoms with Gasteiger partial charge in [0, 0.05) is 6.07 Å². The van der Waals surface area contributed by atoms with E-state index in [1.165, 1.54) is 18.3 Å². The number of carbonyl (C=O) groups is 2. The minimum absolute atomic E-state index is 0.333. The SMILES string of the molecule is O=C(O)c1c(C(=O)N(/N=C/c2ccccc2)c2ccccc2)cccc1[N+](=O)[O-]. The van der Waals surface area contributed by atoms with Crippen LogP contribution in [0.1, 0.15) is 26.3 Å². The van der Waals surface area contributed by atoms with Crippen LogP contribution in [-0.4, -0.2) is 28.1 Å². The van der Waals surface area contributed by atoms with Crippen molar-refractivity contribution < 1.29 is 19.6 Å². The molecule has 144 valence electrons. The van der Waals surface area contributed by atoms with Gasteiger partial charge >= 0.3 is 5.97 Å². The van der Waals surface area contributed by atoms with Crippen LogP contribution in [0, 0.1) is 10.1 Å². The van der Waals surface area contributed by atoms with E-state index in [1.54, 1.807) is 54.6 Å². The number of rotatable bonds is 6. The van der Waals surface area contributed by atoms with Crippen LogP contribution >= 0.6 is 0 Å². The molecule has 29 heavy (non-hydrogen) atoms.